The first-order valence-electron chi connectivity index (χ1n) is 9.56. The summed E-state index contributed by atoms with van der Waals surface area (Å²) in [6.07, 6.45) is 3.20. The third-order valence-electron chi connectivity index (χ3n) is 4.50. The van der Waals surface area contributed by atoms with Gasteiger partial charge in [-0.05, 0) is 49.1 Å². The number of benzene rings is 2. The van der Waals surface area contributed by atoms with Crippen LogP contribution in [0.1, 0.15) is 18.4 Å². The summed E-state index contributed by atoms with van der Waals surface area (Å²) in [6, 6.07) is 18.7. The van der Waals surface area contributed by atoms with Crippen LogP contribution in [0.5, 0.6) is 5.75 Å². The zero-order valence-corrected chi connectivity index (χ0v) is 16.7. The van der Waals surface area contributed by atoms with Crippen molar-refractivity contribution >= 4 is 11.6 Å². The number of para-hydroxylation sites is 1. The van der Waals surface area contributed by atoms with Crippen LogP contribution in [0.4, 0.5) is 5.69 Å². The van der Waals surface area contributed by atoms with Crippen molar-refractivity contribution in [2.75, 3.05) is 45.7 Å². The third-order valence-corrected chi connectivity index (χ3v) is 4.50. The molecule has 0 aliphatic carbocycles. The van der Waals surface area contributed by atoms with E-state index in [9.17, 15) is 0 Å². The Labute approximate surface area is 163 Å². The van der Waals surface area contributed by atoms with Gasteiger partial charge < -0.3 is 20.3 Å². The van der Waals surface area contributed by atoms with Crippen LogP contribution in [0.15, 0.2) is 59.6 Å². The average Bonchev–Trinajstić information content (AvgIpc) is 2.73. The number of guanidine groups is 1. The first-order valence-corrected chi connectivity index (χ1v) is 9.56. The first-order chi connectivity index (χ1) is 13.2. The zero-order valence-electron chi connectivity index (χ0n) is 16.7. The summed E-state index contributed by atoms with van der Waals surface area (Å²) in [5, 5.41) is 6.76. The van der Waals surface area contributed by atoms with Gasteiger partial charge >= 0.3 is 0 Å². The lowest BCUT2D eigenvalue weighted by Crippen LogP contribution is -2.38. The second kappa shape index (κ2) is 11.8. The summed E-state index contributed by atoms with van der Waals surface area (Å²) in [5.74, 6) is 1.75. The van der Waals surface area contributed by atoms with Crippen molar-refractivity contribution in [2.45, 2.75) is 19.3 Å². The summed E-state index contributed by atoms with van der Waals surface area (Å²) < 4.78 is 5.19. The minimum absolute atomic E-state index is 0.850. The van der Waals surface area contributed by atoms with E-state index in [0.717, 1.165) is 50.6 Å². The van der Waals surface area contributed by atoms with E-state index in [1.807, 2.05) is 19.2 Å². The highest BCUT2D eigenvalue weighted by atomic mass is 16.5. The second-order valence-electron chi connectivity index (χ2n) is 6.49. The number of ether oxygens (including phenoxy) is 1. The van der Waals surface area contributed by atoms with E-state index in [1.54, 1.807) is 7.11 Å². The number of aliphatic imine (C=N–C) groups is 1. The summed E-state index contributed by atoms with van der Waals surface area (Å²) in [5.41, 5.74) is 2.55. The number of hydrogen-bond acceptors (Lipinski definition) is 3. The van der Waals surface area contributed by atoms with Crippen LogP contribution < -0.4 is 20.3 Å². The minimum atomic E-state index is 0.850. The maximum Gasteiger partial charge on any atom is 0.190 e. The number of hydrogen-bond donors (Lipinski definition) is 2. The Morgan fingerprint density at radius 1 is 0.963 bits per heavy atom. The molecule has 0 bridgehead atoms. The average molecular weight is 369 g/mol. The molecule has 2 aromatic carbocycles. The largest absolute Gasteiger partial charge is 0.497 e. The van der Waals surface area contributed by atoms with Crippen LogP contribution in [0.25, 0.3) is 0 Å². The van der Waals surface area contributed by atoms with E-state index >= 15 is 0 Å². The lowest BCUT2D eigenvalue weighted by Gasteiger charge is -2.19. The van der Waals surface area contributed by atoms with Gasteiger partial charge in [-0.15, -0.1) is 0 Å². The Hall–Kier alpha value is -2.69. The highest BCUT2D eigenvalue weighted by Crippen LogP contribution is 2.12. The molecule has 0 aliphatic rings. The van der Waals surface area contributed by atoms with Gasteiger partial charge in [0.1, 0.15) is 5.75 Å². The molecule has 27 heavy (non-hydrogen) atoms. The molecule has 2 rings (SSSR count). The van der Waals surface area contributed by atoms with E-state index in [4.69, 9.17) is 4.74 Å². The fourth-order valence-corrected chi connectivity index (χ4v) is 2.83. The Kier molecular flexibility index (Phi) is 9.04. The molecular weight excluding hydrogens is 336 g/mol. The number of nitrogens with one attached hydrogen (secondary N) is 2. The first kappa shape index (κ1) is 20.6. The summed E-state index contributed by atoms with van der Waals surface area (Å²) in [4.78, 5) is 6.58. The van der Waals surface area contributed by atoms with Gasteiger partial charge in [-0.2, -0.15) is 0 Å². The van der Waals surface area contributed by atoms with Gasteiger partial charge in [0.25, 0.3) is 0 Å². The monoisotopic (exact) mass is 368 g/mol. The van der Waals surface area contributed by atoms with Gasteiger partial charge in [0.2, 0.25) is 0 Å². The van der Waals surface area contributed by atoms with E-state index in [0.29, 0.717) is 0 Å². The Bertz CT molecular complexity index is 670. The molecule has 0 fully saturated rings. The molecule has 0 aromatic heterocycles. The molecule has 146 valence electrons. The quantitative estimate of drug-likeness (QED) is 0.384. The van der Waals surface area contributed by atoms with Crippen LogP contribution >= 0.6 is 0 Å². The molecule has 0 saturated heterocycles. The molecule has 0 unspecified atom stereocenters. The number of methoxy groups -OCH3 is 1. The van der Waals surface area contributed by atoms with Crippen molar-refractivity contribution < 1.29 is 4.74 Å². The van der Waals surface area contributed by atoms with E-state index in [2.05, 4.69) is 70.0 Å². The molecule has 2 aromatic rings. The Morgan fingerprint density at radius 2 is 1.67 bits per heavy atom. The number of anilines is 1. The summed E-state index contributed by atoms with van der Waals surface area (Å²) >= 11 is 0. The van der Waals surface area contributed by atoms with Crippen molar-refractivity contribution in [3.05, 3.63) is 60.2 Å². The molecule has 5 nitrogen and oxygen atoms in total. The molecule has 2 N–H and O–H groups in total. The van der Waals surface area contributed by atoms with Crippen molar-refractivity contribution in [3.63, 3.8) is 0 Å². The number of unbranched alkanes of at least 4 members (excludes halogenated alkanes) is 1. The smallest absolute Gasteiger partial charge is 0.190 e. The van der Waals surface area contributed by atoms with Crippen LogP contribution in [0.2, 0.25) is 0 Å². The molecular formula is C22H32N4O. The van der Waals surface area contributed by atoms with Crippen molar-refractivity contribution in [1.29, 1.82) is 0 Å². The highest BCUT2D eigenvalue weighted by molar-refractivity contribution is 5.79. The predicted molar refractivity (Wildman–Crippen MR) is 115 cm³/mol. The molecule has 5 heteroatoms. The molecule has 0 saturated carbocycles. The topological polar surface area (TPSA) is 48.9 Å². The van der Waals surface area contributed by atoms with Gasteiger partial charge in [0.15, 0.2) is 5.96 Å². The van der Waals surface area contributed by atoms with Gasteiger partial charge in [-0.25, -0.2) is 0 Å². The van der Waals surface area contributed by atoms with Gasteiger partial charge in [0, 0.05) is 39.4 Å². The van der Waals surface area contributed by atoms with Crippen molar-refractivity contribution in [2.24, 2.45) is 4.99 Å². The Morgan fingerprint density at radius 3 is 2.33 bits per heavy atom. The molecule has 0 amide bonds. The van der Waals surface area contributed by atoms with Crippen LogP contribution in [0, 0.1) is 0 Å². The van der Waals surface area contributed by atoms with Crippen molar-refractivity contribution in [3.8, 4) is 5.75 Å². The summed E-state index contributed by atoms with van der Waals surface area (Å²) in [6.45, 7) is 2.82. The second-order valence-corrected chi connectivity index (χ2v) is 6.49. The molecule has 0 spiro atoms. The minimum Gasteiger partial charge on any atom is -0.497 e. The maximum atomic E-state index is 5.19. The van der Waals surface area contributed by atoms with Gasteiger partial charge in [0.05, 0.1) is 7.11 Å². The standard InChI is InChI=1S/C22H32N4O/c1-23-22(25-17-15-19-11-13-21(27-3)14-12-19)24-16-7-8-18-26(2)20-9-5-4-6-10-20/h4-6,9-14H,7-8,15-18H2,1-3H3,(H2,23,24,25). The van der Waals surface area contributed by atoms with E-state index < -0.39 is 0 Å². The fourth-order valence-electron chi connectivity index (χ4n) is 2.83. The van der Waals surface area contributed by atoms with Crippen molar-refractivity contribution in [1.82, 2.24) is 10.6 Å². The summed E-state index contributed by atoms with van der Waals surface area (Å²) in [7, 11) is 5.64. The lowest BCUT2D eigenvalue weighted by atomic mass is 10.1. The van der Waals surface area contributed by atoms with Crippen LogP contribution in [0.3, 0.4) is 0 Å². The number of nitrogens with zero attached hydrogens (tertiary/aromatic N) is 2. The molecule has 0 radical (unpaired) electrons. The number of rotatable bonds is 10. The van der Waals surface area contributed by atoms with Crippen LogP contribution in [-0.2, 0) is 6.42 Å². The molecule has 0 heterocycles. The normalized spacial score (nSPS) is 11.1. The maximum absolute atomic E-state index is 5.19. The fraction of sp³-hybridized carbons (Fsp3) is 0.409. The molecule has 0 aliphatic heterocycles. The van der Waals surface area contributed by atoms with E-state index in [-0.39, 0.29) is 0 Å². The van der Waals surface area contributed by atoms with Gasteiger partial charge in [-0.1, -0.05) is 30.3 Å². The molecule has 0 atom stereocenters. The van der Waals surface area contributed by atoms with E-state index in [1.165, 1.54) is 11.3 Å². The Balaban J connectivity index is 1.58. The SMILES string of the molecule is CN=C(NCCCCN(C)c1ccccc1)NCCc1ccc(OC)cc1. The zero-order chi connectivity index (χ0) is 19.3. The van der Waals surface area contributed by atoms with Crippen LogP contribution in [-0.4, -0.2) is 46.8 Å². The lowest BCUT2D eigenvalue weighted by molar-refractivity contribution is 0.414. The predicted octanol–water partition coefficient (Wildman–Crippen LogP) is 3.32. The van der Waals surface area contributed by atoms with Gasteiger partial charge in [-0.3, -0.25) is 4.99 Å². The third kappa shape index (κ3) is 7.60. The highest BCUT2D eigenvalue weighted by Gasteiger charge is 2.01.